The number of hydrogen-bond donors (Lipinski definition) is 2. The fraction of sp³-hybridized carbons (Fsp3) is 0.312. The molecule has 124 valence electrons. The Morgan fingerprint density at radius 3 is 3.08 bits per heavy atom. The smallest absolute Gasteiger partial charge is 0.202 e. The summed E-state index contributed by atoms with van der Waals surface area (Å²) in [5.41, 5.74) is 1.55. The molecule has 1 saturated heterocycles. The van der Waals surface area contributed by atoms with E-state index >= 15 is 0 Å². The lowest BCUT2D eigenvalue weighted by molar-refractivity contribution is 0.476. The second-order valence-corrected chi connectivity index (χ2v) is 6.13. The van der Waals surface area contributed by atoms with Crippen LogP contribution in [0, 0.1) is 5.82 Å². The minimum absolute atomic E-state index is 0.121. The highest BCUT2D eigenvalue weighted by Gasteiger charge is 2.20. The van der Waals surface area contributed by atoms with Crippen LogP contribution in [-0.4, -0.2) is 38.7 Å². The molecule has 0 spiro atoms. The molecule has 3 aromatic rings. The molecule has 0 saturated carbocycles. The van der Waals surface area contributed by atoms with Crippen LogP contribution in [0.3, 0.4) is 0 Å². The van der Waals surface area contributed by atoms with E-state index in [1.165, 1.54) is 0 Å². The van der Waals surface area contributed by atoms with Gasteiger partial charge in [-0.3, -0.25) is 0 Å². The van der Waals surface area contributed by atoms with Gasteiger partial charge in [0.2, 0.25) is 5.82 Å². The van der Waals surface area contributed by atoms with E-state index in [1.54, 1.807) is 10.7 Å². The third-order valence-corrected chi connectivity index (χ3v) is 4.37. The monoisotopic (exact) mass is 346 g/mol. The lowest BCUT2D eigenvalue weighted by Gasteiger charge is -2.24. The number of nitrogens with one attached hydrogen (secondary N) is 2. The van der Waals surface area contributed by atoms with Crippen molar-refractivity contribution in [3.63, 3.8) is 0 Å². The average Bonchev–Trinajstić information content (AvgIpc) is 3.04. The SMILES string of the molecule is Fc1c(Cl)nc(-c2cnn3ccccc23)nc1N[C@@H]1CCCNC1. The molecular weight excluding hydrogens is 331 g/mol. The van der Waals surface area contributed by atoms with Crippen LogP contribution in [0.15, 0.2) is 30.6 Å². The molecule has 0 aliphatic carbocycles. The summed E-state index contributed by atoms with van der Waals surface area (Å²) in [5, 5.41) is 10.5. The Morgan fingerprint density at radius 1 is 1.33 bits per heavy atom. The van der Waals surface area contributed by atoms with Crippen LogP contribution in [0.1, 0.15) is 12.8 Å². The molecule has 8 heteroatoms. The molecule has 6 nitrogen and oxygen atoms in total. The number of halogens is 2. The topological polar surface area (TPSA) is 67.1 Å². The number of hydrogen-bond acceptors (Lipinski definition) is 5. The number of fused-ring (bicyclic) bond motifs is 1. The molecule has 0 radical (unpaired) electrons. The zero-order valence-electron chi connectivity index (χ0n) is 12.8. The first-order valence-corrected chi connectivity index (χ1v) is 8.23. The highest BCUT2D eigenvalue weighted by atomic mass is 35.5. The quantitative estimate of drug-likeness (QED) is 0.714. The van der Waals surface area contributed by atoms with Crippen molar-refractivity contribution in [2.45, 2.75) is 18.9 Å². The van der Waals surface area contributed by atoms with Gasteiger partial charge in [0.1, 0.15) is 0 Å². The molecule has 4 heterocycles. The van der Waals surface area contributed by atoms with Crippen molar-refractivity contribution in [2.75, 3.05) is 18.4 Å². The minimum Gasteiger partial charge on any atom is -0.363 e. The number of pyridine rings is 1. The third-order valence-electron chi connectivity index (χ3n) is 4.12. The van der Waals surface area contributed by atoms with Gasteiger partial charge >= 0.3 is 0 Å². The fourth-order valence-corrected chi connectivity index (χ4v) is 3.08. The van der Waals surface area contributed by atoms with Gasteiger partial charge in [0, 0.05) is 18.8 Å². The maximum absolute atomic E-state index is 14.3. The summed E-state index contributed by atoms with van der Waals surface area (Å²) in [6, 6.07) is 5.81. The Hall–Kier alpha value is -2.25. The second-order valence-electron chi connectivity index (χ2n) is 5.78. The summed E-state index contributed by atoms with van der Waals surface area (Å²) in [4.78, 5) is 8.45. The van der Waals surface area contributed by atoms with Gasteiger partial charge < -0.3 is 10.6 Å². The van der Waals surface area contributed by atoms with Gasteiger partial charge in [0.25, 0.3) is 0 Å². The van der Waals surface area contributed by atoms with Crippen LogP contribution >= 0.6 is 11.6 Å². The Kier molecular flexibility index (Phi) is 4.03. The van der Waals surface area contributed by atoms with E-state index in [4.69, 9.17) is 11.6 Å². The van der Waals surface area contributed by atoms with Crippen LogP contribution in [-0.2, 0) is 0 Å². The lowest BCUT2D eigenvalue weighted by Crippen LogP contribution is -2.38. The van der Waals surface area contributed by atoms with Crippen molar-refractivity contribution in [3.8, 4) is 11.4 Å². The summed E-state index contributed by atoms with van der Waals surface area (Å²) in [7, 11) is 0. The molecule has 3 aromatic heterocycles. The van der Waals surface area contributed by atoms with Gasteiger partial charge in [-0.05, 0) is 31.5 Å². The fourth-order valence-electron chi connectivity index (χ4n) is 2.91. The van der Waals surface area contributed by atoms with Crippen molar-refractivity contribution in [3.05, 3.63) is 41.6 Å². The molecule has 24 heavy (non-hydrogen) atoms. The molecule has 0 amide bonds. The Labute approximate surface area is 143 Å². The van der Waals surface area contributed by atoms with E-state index in [9.17, 15) is 4.39 Å². The maximum atomic E-state index is 14.3. The molecule has 1 aliphatic heterocycles. The van der Waals surface area contributed by atoms with E-state index in [-0.39, 0.29) is 17.0 Å². The van der Waals surface area contributed by atoms with Gasteiger partial charge in [0.15, 0.2) is 16.8 Å². The summed E-state index contributed by atoms with van der Waals surface area (Å²) in [6.07, 6.45) is 5.49. The van der Waals surface area contributed by atoms with E-state index in [1.807, 2.05) is 24.4 Å². The molecule has 4 rings (SSSR count). The number of rotatable bonds is 3. The van der Waals surface area contributed by atoms with Gasteiger partial charge in [-0.2, -0.15) is 9.49 Å². The molecule has 1 aliphatic rings. The van der Waals surface area contributed by atoms with Crippen molar-refractivity contribution < 1.29 is 4.39 Å². The molecule has 0 aromatic carbocycles. The number of aromatic nitrogens is 4. The van der Waals surface area contributed by atoms with Gasteiger partial charge in [-0.1, -0.05) is 17.7 Å². The molecule has 2 N–H and O–H groups in total. The largest absolute Gasteiger partial charge is 0.363 e. The number of anilines is 1. The normalized spacial score (nSPS) is 18.0. The molecule has 1 fully saturated rings. The van der Waals surface area contributed by atoms with E-state index in [0.717, 1.165) is 31.4 Å². The highest BCUT2D eigenvalue weighted by Crippen LogP contribution is 2.27. The van der Waals surface area contributed by atoms with Gasteiger partial charge in [0.05, 0.1) is 17.3 Å². The van der Waals surface area contributed by atoms with E-state index < -0.39 is 5.82 Å². The summed E-state index contributed by atoms with van der Waals surface area (Å²) < 4.78 is 16.0. The van der Waals surface area contributed by atoms with Gasteiger partial charge in [-0.15, -0.1) is 0 Å². The zero-order chi connectivity index (χ0) is 16.5. The molecular formula is C16H16ClFN6. The standard InChI is InChI=1S/C16H16ClFN6/c17-14-13(18)16(21-10-4-3-6-19-8-10)23-15(22-14)11-9-20-24-7-2-1-5-12(11)24/h1-2,5,7,9-10,19H,3-4,6,8H2,(H,21,22,23)/t10-/m1/s1. The average molecular weight is 347 g/mol. The minimum atomic E-state index is -0.623. The van der Waals surface area contributed by atoms with Crippen molar-refractivity contribution in [1.29, 1.82) is 0 Å². The Balaban J connectivity index is 1.73. The predicted octanol–water partition coefficient (Wildman–Crippen LogP) is 2.75. The van der Waals surface area contributed by atoms with Crippen LogP contribution in [0.5, 0.6) is 0 Å². The van der Waals surface area contributed by atoms with E-state index in [0.29, 0.717) is 11.4 Å². The maximum Gasteiger partial charge on any atom is 0.202 e. The first kappa shape index (κ1) is 15.3. The van der Waals surface area contributed by atoms with Crippen LogP contribution in [0.4, 0.5) is 10.2 Å². The molecule has 1 atom stereocenters. The van der Waals surface area contributed by atoms with Gasteiger partial charge in [-0.25, -0.2) is 14.5 Å². The lowest BCUT2D eigenvalue weighted by atomic mass is 10.1. The third kappa shape index (κ3) is 2.81. The summed E-state index contributed by atoms with van der Waals surface area (Å²) >= 11 is 6.00. The van der Waals surface area contributed by atoms with Crippen molar-refractivity contribution >= 4 is 22.9 Å². The zero-order valence-corrected chi connectivity index (χ0v) is 13.6. The molecule has 0 bridgehead atoms. The number of piperidine rings is 1. The van der Waals surface area contributed by atoms with Crippen LogP contribution in [0.2, 0.25) is 5.15 Å². The van der Waals surface area contributed by atoms with Crippen molar-refractivity contribution in [1.82, 2.24) is 24.9 Å². The first-order valence-electron chi connectivity index (χ1n) is 7.85. The second kappa shape index (κ2) is 6.33. The first-order chi connectivity index (χ1) is 11.7. The molecule has 0 unspecified atom stereocenters. The predicted molar refractivity (Wildman–Crippen MR) is 90.7 cm³/mol. The number of nitrogens with zero attached hydrogens (tertiary/aromatic N) is 4. The van der Waals surface area contributed by atoms with E-state index in [2.05, 4.69) is 25.7 Å². The summed E-state index contributed by atoms with van der Waals surface area (Å²) in [6.45, 7) is 1.76. The van der Waals surface area contributed by atoms with Crippen LogP contribution in [0.25, 0.3) is 16.9 Å². The van der Waals surface area contributed by atoms with Crippen molar-refractivity contribution in [2.24, 2.45) is 0 Å². The highest BCUT2D eigenvalue weighted by molar-refractivity contribution is 6.29. The summed E-state index contributed by atoms with van der Waals surface area (Å²) in [5.74, 6) is -0.134. The Morgan fingerprint density at radius 2 is 2.25 bits per heavy atom. The van der Waals surface area contributed by atoms with Crippen LogP contribution < -0.4 is 10.6 Å². The Bertz CT molecular complexity index is 874.